The Morgan fingerprint density at radius 1 is 1.14 bits per heavy atom. The number of hydrogen-bond acceptors (Lipinski definition) is 6. The SMILES string of the molecule is CCOP(=O)(CC=NCS(=O)(=O)c1ccc(C)cc1)OCC. The standard InChI is InChI=1S/C14H22NO5PS/c1-4-19-21(16,20-5-2)11-10-15-12-22(17,18)14-8-6-13(3)7-9-14/h6-10H,4-5,11-12H2,1-3H3. The summed E-state index contributed by atoms with van der Waals surface area (Å²) in [5, 5.41) is 0. The van der Waals surface area contributed by atoms with Crippen molar-refractivity contribution in [3.63, 3.8) is 0 Å². The van der Waals surface area contributed by atoms with E-state index in [4.69, 9.17) is 9.05 Å². The van der Waals surface area contributed by atoms with Gasteiger partial charge in [0.1, 0.15) is 5.88 Å². The predicted octanol–water partition coefficient (Wildman–Crippen LogP) is 3.06. The minimum absolute atomic E-state index is 0.0436. The molecule has 0 spiro atoms. The molecule has 0 saturated heterocycles. The summed E-state index contributed by atoms with van der Waals surface area (Å²) in [4.78, 5) is 4.06. The molecule has 0 aliphatic rings. The fourth-order valence-electron chi connectivity index (χ4n) is 1.66. The van der Waals surface area contributed by atoms with Gasteiger partial charge in [-0.2, -0.15) is 0 Å². The lowest BCUT2D eigenvalue weighted by molar-refractivity contribution is 0.223. The van der Waals surface area contributed by atoms with Crippen molar-refractivity contribution in [2.45, 2.75) is 25.7 Å². The van der Waals surface area contributed by atoms with E-state index < -0.39 is 23.3 Å². The molecule has 0 aliphatic carbocycles. The van der Waals surface area contributed by atoms with Gasteiger partial charge in [0.25, 0.3) is 0 Å². The Morgan fingerprint density at radius 2 is 1.68 bits per heavy atom. The van der Waals surface area contributed by atoms with Crippen LogP contribution in [0.4, 0.5) is 0 Å². The van der Waals surface area contributed by atoms with Gasteiger partial charge in [-0.3, -0.25) is 9.56 Å². The average Bonchev–Trinajstić information content (AvgIpc) is 2.45. The number of aryl methyl sites for hydroxylation is 1. The van der Waals surface area contributed by atoms with Crippen LogP contribution in [0.5, 0.6) is 0 Å². The van der Waals surface area contributed by atoms with E-state index in [1.165, 1.54) is 6.21 Å². The molecule has 0 heterocycles. The third-order valence-corrected chi connectivity index (χ3v) is 6.10. The van der Waals surface area contributed by atoms with Crippen LogP contribution in [0.3, 0.4) is 0 Å². The number of sulfone groups is 1. The van der Waals surface area contributed by atoms with E-state index in [-0.39, 0.29) is 24.3 Å². The van der Waals surface area contributed by atoms with Gasteiger partial charge < -0.3 is 9.05 Å². The minimum Gasteiger partial charge on any atom is -0.309 e. The van der Waals surface area contributed by atoms with Crippen molar-refractivity contribution in [3.8, 4) is 0 Å². The summed E-state index contributed by atoms with van der Waals surface area (Å²) in [5.41, 5.74) is 0.983. The molecule has 1 aromatic carbocycles. The minimum atomic E-state index is -3.49. The van der Waals surface area contributed by atoms with Crippen molar-refractivity contribution >= 4 is 23.6 Å². The molecule has 0 N–H and O–H groups in total. The molecular weight excluding hydrogens is 325 g/mol. The van der Waals surface area contributed by atoms with E-state index in [2.05, 4.69) is 4.99 Å². The molecule has 6 nitrogen and oxygen atoms in total. The Hall–Kier alpha value is -1.01. The monoisotopic (exact) mass is 347 g/mol. The first-order valence-electron chi connectivity index (χ1n) is 6.99. The molecule has 0 atom stereocenters. The van der Waals surface area contributed by atoms with Gasteiger partial charge in [-0.25, -0.2) is 8.42 Å². The predicted molar refractivity (Wildman–Crippen MR) is 87.4 cm³/mol. The second-order valence-electron chi connectivity index (χ2n) is 4.55. The van der Waals surface area contributed by atoms with Crippen LogP contribution in [-0.2, 0) is 23.4 Å². The lowest BCUT2D eigenvalue weighted by Crippen LogP contribution is -2.06. The molecule has 0 saturated carbocycles. The highest BCUT2D eigenvalue weighted by Gasteiger charge is 2.22. The summed E-state index contributed by atoms with van der Waals surface area (Å²) < 4.78 is 46.5. The third-order valence-electron chi connectivity index (χ3n) is 2.71. The summed E-state index contributed by atoms with van der Waals surface area (Å²) in [5.74, 6) is -0.395. The summed E-state index contributed by atoms with van der Waals surface area (Å²) in [6.45, 7) is 5.82. The van der Waals surface area contributed by atoms with Gasteiger partial charge in [0.15, 0.2) is 9.84 Å². The molecule has 0 bridgehead atoms. The lowest BCUT2D eigenvalue weighted by Gasteiger charge is -2.14. The Kier molecular flexibility index (Phi) is 7.42. The van der Waals surface area contributed by atoms with Crippen LogP contribution in [0.25, 0.3) is 0 Å². The Morgan fingerprint density at radius 3 is 2.18 bits per heavy atom. The summed E-state index contributed by atoms with van der Waals surface area (Å²) in [7, 11) is -6.71. The Balaban J connectivity index is 2.68. The molecule has 22 heavy (non-hydrogen) atoms. The number of benzene rings is 1. The van der Waals surface area contributed by atoms with E-state index in [0.717, 1.165) is 5.56 Å². The number of aliphatic imine (C=N–C) groups is 1. The number of rotatable bonds is 9. The van der Waals surface area contributed by atoms with Crippen molar-refractivity contribution < 1.29 is 22.0 Å². The lowest BCUT2D eigenvalue weighted by atomic mass is 10.2. The Bertz CT molecular complexity index is 630. The molecule has 0 aromatic heterocycles. The van der Waals surface area contributed by atoms with Gasteiger partial charge in [-0.15, -0.1) is 0 Å². The van der Waals surface area contributed by atoms with E-state index in [1.54, 1.807) is 38.1 Å². The molecule has 0 fully saturated rings. The molecule has 8 heteroatoms. The maximum absolute atomic E-state index is 12.2. The average molecular weight is 347 g/mol. The van der Waals surface area contributed by atoms with Gasteiger partial charge in [-0.1, -0.05) is 17.7 Å². The molecule has 124 valence electrons. The van der Waals surface area contributed by atoms with Crippen molar-refractivity contribution in [1.82, 2.24) is 0 Å². The van der Waals surface area contributed by atoms with Crippen molar-refractivity contribution in [1.29, 1.82) is 0 Å². The first kappa shape index (κ1) is 19.0. The molecule has 0 aliphatic heterocycles. The van der Waals surface area contributed by atoms with Crippen LogP contribution < -0.4 is 0 Å². The second-order valence-corrected chi connectivity index (χ2v) is 8.61. The molecular formula is C14H22NO5PS. The van der Waals surface area contributed by atoms with Crippen molar-refractivity contribution in [2.75, 3.05) is 25.3 Å². The van der Waals surface area contributed by atoms with Crippen molar-refractivity contribution in [2.24, 2.45) is 4.99 Å². The zero-order chi connectivity index (χ0) is 16.6. The van der Waals surface area contributed by atoms with E-state index >= 15 is 0 Å². The topological polar surface area (TPSA) is 82.0 Å². The van der Waals surface area contributed by atoms with Crippen LogP contribution in [0, 0.1) is 6.92 Å². The van der Waals surface area contributed by atoms with Crippen LogP contribution in [-0.4, -0.2) is 39.9 Å². The van der Waals surface area contributed by atoms with Crippen LogP contribution in [0.1, 0.15) is 19.4 Å². The zero-order valence-corrected chi connectivity index (χ0v) is 14.8. The van der Waals surface area contributed by atoms with Crippen molar-refractivity contribution in [3.05, 3.63) is 29.8 Å². The fraction of sp³-hybridized carbons (Fsp3) is 0.500. The smallest absolute Gasteiger partial charge is 0.309 e. The first-order chi connectivity index (χ1) is 10.3. The molecule has 1 aromatic rings. The molecule has 0 amide bonds. The maximum atomic E-state index is 12.2. The van der Waals surface area contributed by atoms with E-state index in [0.29, 0.717) is 0 Å². The molecule has 1 rings (SSSR count). The number of nitrogens with zero attached hydrogens (tertiary/aromatic N) is 1. The highest BCUT2D eigenvalue weighted by Crippen LogP contribution is 2.46. The quantitative estimate of drug-likeness (QED) is 0.506. The largest absolute Gasteiger partial charge is 0.335 e. The summed E-state index contributed by atoms with van der Waals surface area (Å²) >= 11 is 0. The summed E-state index contributed by atoms with van der Waals surface area (Å²) in [6.07, 6.45) is 1.25. The van der Waals surface area contributed by atoms with Crippen LogP contribution in [0.2, 0.25) is 0 Å². The highest BCUT2D eigenvalue weighted by molar-refractivity contribution is 7.91. The number of hydrogen-bond donors (Lipinski definition) is 0. The molecule has 0 unspecified atom stereocenters. The third kappa shape index (κ3) is 6.01. The normalized spacial score (nSPS) is 12.9. The van der Waals surface area contributed by atoms with Gasteiger partial charge >= 0.3 is 7.60 Å². The Labute approximate surface area is 132 Å². The van der Waals surface area contributed by atoms with Crippen LogP contribution in [0.15, 0.2) is 34.2 Å². The second kappa shape index (κ2) is 8.58. The van der Waals surface area contributed by atoms with Crippen LogP contribution >= 0.6 is 7.60 Å². The summed E-state index contributed by atoms with van der Waals surface area (Å²) in [6, 6.07) is 6.56. The fourth-order valence-corrected chi connectivity index (χ4v) is 4.05. The highest BCUT2D eigenvalue weighted by atomic mass is 32.2. The zero-order valence-electron chi connectivity index (χ0n) is 13.1. The maximum Gasteiger partial charge on any atom is 0.335 e. The first-order valence-corrected chi connectivity index (χ1v) is 10.4. The van der Waals surface area contributed by atoms with Gasteiger partial charge in [0.2, 0.25) is 0 Å². The van der Waals surface area contributed by atoms with E-state index in [9.17, 15) is 13.0 Å². The van der Waals surface area contributed by atoms with E-state index in [1.807, 2.05) is 6.92 Å². The van der Waals surface area contributed by atoms with Gasteiger partial charge in [0, 0.05) is 6.21 Å². The van der Waals surface area contributed by atoms with Gasteiger partial charge in [-0.05, 0) is 32.9 Å². The van der Waals surface area contributed by atoms with Gasteiger partial charge in [0.05, 0.1) is 24.3 Å². The molecule has 0 radical (unpaired) electrons.